The highest BCUT2D eigenvalue weighted by Crippen LogP contribution is 2.21. The molecule has 2 aromatic rings. The standard InChI is InChI=1S/C23H33NO4/c1-15(2)20(23(26)27)12-22(25)21(24-16(3)4)14-28-13-18-10-7-9-17-8-5-6-11-19(17)18/h5-11,15-16,20-22,24-25H,12-14H2,1-4H3,(H,26,27). The number of rotatable bonds is 11. The Morgan fingerprint density at radius 2 is 1.75 bits per heavy atom. The van der Waals surface area contributed by atoms with Gasteiger partial charge in [-0.3, -0.25) is 4.79 Å². The molecule has 28 heavy (non-hydrogen) atoms. The minimum Gasteiger partial charge on any atom is -0.481 e. The molecule has 0 aliphatic carbocycles. The van der Waals surface area contributed by atoms with Crippen molar-refractivity contribution in [3.8, 4) is 0 Å². The van der Waals surface area contributed by atoms with Crippen LogP contribution in [0.4, 0.5) is 0 Å². The van der Waals surface area contributed by atoms with Gasteiger partial charge < -0.3 is 20.3 Å². The van der Waals surface area contributed by atoms with Crippen LogP contribution >= 0.6 is 0 Å². The number of nitrogens with one attached hydrogen (secondary N) is 1. The van der Waals surface area contributed by atoms with Crippen molar-refractivity contribution in [1.29, 1.82) is 0 Å². The number of benzene rings is 2. The van der Waals surface area contributed by atoms with Gasteiger partial charge in [-0.15, -0.1) is 0 Å². The lowest BCUT2D eigenvalue weighted by Crippen LogP contribution is -2.48. The van der Waals surface area contributed by atoms with Gasteiger partial charge in [-0.05, 0) is 28.7 Å². The van der Waals surface area contributed by atoms with Crippen molar-refractivity contribution in [2.45, 2.75) is 58.9 Å². The zero-order valence-electron chi connectivity index (χ0n) is 17.3. The van der Waals surface area contributed by atoms with Crippen molar-refractivity contribution in [2.24, 2.45) is 11.8 Å². The fourth-order valence-electron chi connectivity index (χ4n) is 3.50. The normalized spacial score (nSPS) is 15.1. The summed E-state index contributed by atoms with van der Waals surface area (Å²) < 4.78 is 5.94. The zero-order valence-corrected chi connectivity index (χ0v) is 17.3. The van der Waals surface area contributed by atoms with Gasteiger partial charge in [0.2, 0.25) is 0 Å². The Bertz CT molecular complexity index is 754. The van der Waals surface area contributed by atoms with Gasteiger partial charge in [0.25, 0.3) is 0 Å². The lowest BCUT2D eigenvalue weighted by atomic mass is 9.88. The first-order valence-corrected chi connectivity index (χ1v) is 10.0. The summed E-state index contributed by atoms with van der Waals surface area (Å²) in [6.07, 6.45) is -0.590. The molecule has 3 atom stereocenters. The first-order valence-electron chi connectivity index (χ1n) is 10.0. The number of carboxylic acid groups (broad SMARTS) is 1. The quantitative estimate of drug-likeness (QED) is 0.546. The van der Waals surface area contributed by atoms with E-state index in [2.05, 4.69) is 23.5 Å². The Kier molecular flexibility index (Phi) is 8.42. The average molecular weight is 388 g/mol. The van der Waals surface area contributed by atoms with Gasteiger partial charge in [-0.1, -0.05) is 70.2 Å². The van der Waals surface area contributed by atoms with Crippen molar-refractivity contribution < 1.29 is 19.7 Å². The minimum absolute atomic E-state index is 0.0385. The summed E-state index contributed by atoms with van der Waals surface area (Å²) in [6, 6.07) is 14.1. The molecule has 0 heterocycles. The molecule has 0 aliphatic rings. The third-order valence-electron chi connectivity index (χ3n) is 5.06. The molecule has 2 aromatic carbocycles. The Hall–Kier alpha value is -1.95. The van der Waals surface area contributed by atoms with Gasteiger partial charge in [-0.2, -0.15) is 0 Å². The summed E-state index contributed by atoms with van der Waals surface area (Å²) in [5.74, 6) is -1.48. The lowest BCUT2D eigenvalue weighted by Gasteiger charge is -2.29. The Morgan fingerprint density at radius 3 is 2.39 bits per heavy atom. The number of ether oxygens (including phenoxy) is 1. The van der Waals surface area contributed by atoms with E-state index in [1.807, 2.05) is 52.0 Å². The van der Waals surface area contributed by atoms with E-state index >= 15 is 0 Å². The molecule has 0 aliphatic heterocycles. The highest BCUT2D eigenvalue weighted by atomic mass is 16.5. The molecule has 5 heteroatoms. The van der Waals surface area contributed by atoms with Crippen LogP contribution in [0.2, 0.25) is 0 Å². The molecule has 0 saturated carbocycles. The number of carboxylic acids is 1. The Labute approximate surface area is 167 Å². The number of carbonyl (C=O) groups is 1. The van der Waals surface area contributed by atoms with E-state index in [9.17, 15) is 15.0 Å². The molecular formula is C23H33NO4. The van der Waals surface area contributed by atoms with Gasteiger partial charge in [-0.25, -0.2) is 0 Å². The fourth-order valence-corrected chi connectivity index (χ4v) is 3.50. The van der Waals surface area contributed by atoms with Gasteiger partial charge in [0.1, 0.15) is 0 Å². The molecule has 0 aromatic heterocycles. The predicted octanol–water partition coefficient (Wildman–Crippen LogP) is 3.83. The molecule has 3 unspecified atom stereocenters. The van der Waals surface area contributed by atoms with Gasteiger partial charge in [0.05, 0.1) is 31.3 Å². The second-order valence-corrected chi connectivity index (χ2v) is 8.07. The lowest BCUT2D eigenvalue weighted by molar-refractivity contribution is -0.144. The fraction of sp³-hybridized carbons (Fsp3) is 0.522. The van der Waals surface area contributed by atoms with Crippen LogP contribution in [0.3, 0.4) is 0 Å². The van der Waals surface area contributed by atoms with Crippen LogP contribution < -0.4 is 5.32 Å². The van der Waals surface area contributed by atoms with E-state index in [0.717, 1.165) is 10.9 Å². The van der Waals surface area contributed by atoms with E-state index in [-0.39, 0.29) is 24.4 Å². The second kappa shape index (κ2) is 10.6. The maximum Gasteiger partial charge on any atom is 0.306 e. The molecule has 0 radical (unpaired) electrons. The summed E-state index contributed by atoms with van der Waals surface area (Å²) in [5.41, 5.74) is 1.10. The molecule has 0 amide bonds. The molecule has 5 nitrogen and oxygen atoms in total. The summed E-state index contributed by atoms with van der Waals surface area (Å²) in [4.78, 5) is 11.5. The Morgan fingerprint density at radius 1 is 1.07 bits per heavy atom. The molecule has 0 bridgehead atoms. The van der Waals surface area contributed by atoms with Crippen LogP contribution in [0, 0.1) is 11.8 Å². The highest BCUT2D eigenvalue weighted by molar-refractivity contribution is 5.85. The largest absolute Gasteiger partial charge is 0.481 e. The summed E-state index contributed by atoms with van der Waals surface area (Å²) in [7, 11) is 0. The van der Waals surface area contributed by atoms with E-state index < -0.39 is 18.0 Å². The molecule has 0 saturated heterocycles. The number of aliphatic hydroxyl groups excluding tert-OH is 1. The second-order valence-electron chi connectivity index (χ2n) is 8.07. The summed E-state index contributed by atoms with van der Waals surface area (Å²) in [5, 5.41) is 25.8. The SMILES string of the molecule is CC(C)NC(COCc1cccc2ccccc12)C(O)CC(C(=O)O)C(C)C. The molecule has 0 spiro atoms. The smallest absolute Gasteiger partial charge is 0.306 e. The van der Waals surface area contributed by atoms with E-state index in [1.54, 1.807) is 0 Å². The Balaban J connectivity index is 2.02. The number of aliphatic hydroxyl groups is 1. The third kappa shape index (κ3) is 6.30. The molecule has 0 fully saturated rings. The number of hydrogen-bond donors (Lipinski definition) is 3. The predicted molar refractivity (Wildman–Crippen MR) is 112 cm³/mol. The van der Waals surface area contributed by atoms with Crippen LogP contribution in [-0.2, 0) is 16.1 Å². The molecular weight excluding hydrogens is 354 g/mol. The monoisotopic (exact) mass is 387 g/mol. The van der Waals surface area contributed by atoms with Crippen LogP contribution in [0.15, 0.2) is 42.5 Å². The first-order chi connectivity index (χ1) is 13.3. The van der Waals surface area contributed by atoms with Crippen molar-refractivity contribution >= 4 is 16.7 Å². The van der Waals surface area contributed by atoms with Crippen LogP contribution in [0.1, 0.15) is 39.7 Å². The molecule has 2 rings (SSSR count). The zero-order chi connectivity index (χ0) is 20.7. The van der Waals surface area contributed by atoms with Gasteiger partial charge in [0, 0.05) is 6.04 Å². The van der Waals surface area contributed by atoms with Crippen LogP contribution in [0.5, 0.6) is 0 Å². The van der Waals surface area contributed by atoms with Gasteiger partial charge >= 0.3 is 5.97 Å². The topological polar surface area (TPSA) is 78.8 Å². The maximum atomic E-state index is 11.5. The minimum atomic E-state index is -0.867. The molecule has 154 valence electrons. The average Bonchev–Trinajstić information content (AvgIpc) is 2.64. The van der Waals surface area contributed by atoms with E-state index in [1.165, 1.54) is 5.39 Å². The third-order valence-corrected chi connectivity index (χ3v) is 5.06. The summed E-state index contributed by atoms with van der Waals surface area (Å²) >= 11 is 0. The first kappa shape index (κ1) is 22.3. The maximum absolute atomic E-state index is 11.5. The molecule has 3 N–H and O–H groups in total. The number of fused-ring (bicyclic) bond motifs is 1. The van der Waals surface area contributed by atoms with Crippen molar-refractivity contribution in [3.63, 3.8) is 0 Å². The van der Waals surface area contributed by atoms with Crippen molar-refractivity contribution in [2.75, 3.05) is 6.61 Å². The summed E-state index contributed by atoms with van der Waals surface area (Å²) in [6.45, 7) is 8.49. The number of aliphatic carboxylic acids is 1. The van der Waals surface area contributed by atoms with E-state index in [0.29, 0.717) is 13.2 Å². The van der Waals surface area contributed by atoms with Crippen LogP contribution in [-0.4, -0.2) is 41.0 Å². The van der Waals surface area contributed by atoms with Crippen LogP contribution in [0.25, 0.3) is 10.8 Å². The van der Waals surface area contributed by atoms with Crippen molar-refractivity contribution in [1.82, 2.24) is 5.32 Å². The highest BCUT2D eigenvalue weighted by Gasteiger charge is 2.29. The van der Waals surface area contributed by atoms with E-state index in [4.69, 9.17) is 4.74 Å². The number of hydrogen-bond acceptors (Lipinski definition) is 4. The van der Waals surface area contributed by atoms with Crippen molar-refractivity contribution in [3.05, 3.63) is 48.0 Å². The van der Waals surface area contributed by atoms with Gasteiger partial charge in [0.15, 0.2) is 0 Å².